The standard InChI is InChI=1S/C23H26N4O6S/c1-6-7-26-22(31)24-25-23(26)34-12-19(28)18-8-13(2)27(14(18)3)17-10-15(20(29)32-4)9-16(11-17)21(30)33-5/h8-11H,6-7,12H2,1-5H3,(H,24,31). The maximum Gasteiger partial charge on any atom is 0.343 e. The normalized spacial score (nSPS) is 10.9. The van der Waals surface area contributed by atoms with Crippen molar-refractivity contribution in [1.82, 2.24) is 19.3 Å². The zero-order valence-corrected chi connectivity index (χ0v) is 20.4. The Balaban J connectivity index is 1.95. The number of nitrogens with one attached hydrogen (secondary N) is 1. The fraction of sp³-hybridized carbons (Fsp3) is 0.348. The molecule has 0 unspecified atom stereocenters. The van der Waals surface area contributed by atoms with E-state index in [-0.39, 0.29) is 28.4 Å². The average Bonchev–Trinajstić information content (AvgIpc) is 3.34. The van der Waals surface area contributed by atoms with E-state index in [4.69, 9.17) is 9.47 Å². The first-order chi connectivity index (χ1) is 16.2. The van der Waals surface area contributed by atoms with Gasteiger partial charge in [0.1, 0.15) is 0 Å². The lowest BCUT2D eigenvalue weighted by atomic mass is 10.1. The number of carbonyl (C=O) groups is 3. The molecule has 0 radical (unpaired) electrons. The third kappa shape index (κ3) is 4.98. The summed E-state index contributed by atoms with van der Waals surface area (Å²) in [7, 11) is 2.51. The SMILES string of the molecule is CCCn1c(SCC(=O)c2cc(C)n(-c3cc(C(=O)OC)cc(C(=O)OC)c3)c2C)n[nH]c1=O. The number of aryl methyl sites for hydroxylation is 1. The molecule has 0 bridgehead atoms. The number of H-pyrrole nitrogens is 1. The van der Waals surface area contributed by atoms with Crippen molar-refractivity contribution in [2.24, 2.45) is 0 Å². The molecule has 0 aliphatic heterocycles. The summed E-state index contributed by atoms with van der Waals surface area (Å²) in [6.07, 6.45) is 0.764. The van der Waals surface area contributed by atoms with Gasteiger partial charge in [-0.15, -0.1) is 5.10 Å². The van der Waals surface area contributed by atoms with E-state index in [2.05, 4.69) is 10.2 Å². The van der Waals surface area contributed by atoms with Crippen LogP contribution in [0.25, 0.3) is 5.69 Å². The molecular formula is C23H26N4O6S. The van der Waals surface area contributed by atoms with Crippen LogP contribution in [0.15, 0.2) is 34.2 Å². The van der Waals surface area contributed by atoms with Gasteiger partial charge in [-0.1, -0.05) is 18.7 Å². The molecule has 0 aliphatic carbocycles. The number of Topliss-reactive ketones (excluding diaryl/α,β-unsaturated/α-hetero) is 1. The van der Waals surface area contributed by atoms with Crippen molar-refractivity contribution in [2.45, 2.75) is 38.9 Å². The Labute approximate surface area is 200 Å². The van der Waals surface area contributed by atoms with Crippen LogP contribution in [0, 0.1) is 13.8 Å². The monoisotopic (exact) mass is 486 g/mol. The van der Waals surface area contributed by atoms with E-state index in [0.717, 1.165) is 12.1 Å². The van der Waals surface area contributed by atoms with Crippen molar-refractivity contribution in [3.8, 4) is 5.69 Å². The van der Waals surface area contributed by atoms with Gasteiger partial charge < -0.3 is 14.0 Å². The van der Waals surface area contributed by atoms with Crippen molar-refractivity contribution in [3.63, 3.8) is 0 Å². The van der Waals surface area contributed by atoms with Gasteiger partial charge in [0.15, 0.2) is 10.9 Å². The Kier molecular flexibility index (Phi) is 7.77. The highest BCUT2D eigenvalue weighted by atomic mass is 32.2. The fourth-order valence-corrected chi connectivity index (χ4v) is 4.55. The Morgan fingerprint density at radius 3 is 2.21 bits per heavy atom. The second kappa shape index (κ2) is 10.6. The zero-order valence-electron chi connectivity index (χ0n) is 19.6. The third-order valence-corrected chi connectivity index (χ3v) is 6.23. The quantitative estimate of drug-likeness (QED) is 0.278. The van der Waals surface area contributed by atoms with Crippen LogP contribution in [0.2, 0.25) is 0 Å². The molecule has 1 N–H and O–H groups in total. The van der Waals surface area contributed by atoms with E-state index in [9.17, 15) is 19.2 Å². The van der Waals surface area contributed by atoms with Crippen LogP contribution < -0.4 is 5.69 Å². The van der Waals surface area contributed by atoms with Gasteiger partial charge in [-0.05, 0) is 44.5 Å². The highest BCUT2D eigenvalue weighted by Crippen LogP contribution is 2.25. The average molecular weight is 487 g/mol. The lowest BCUT2D eigenvalue weighted by molar-refractivity contribution is 0.0599. The first kappa shape index (κ1) is 25.0. The molecule has 0 atom stereocenters. The van der Waals surface area contributed by atoms with Crippen molar-refractivity contribution in [1.29, 1.82) is 0 Å². The first-order valence-electron chi connectivity index (χ1n) is 10.5. The number of hydrogen-bond donors (Lipinski definition) is 1. The second-order valence-electron chi connectivity index (χ2n) is 7.55. The van der Waals surface area contributed by atoms with Gasteiger partial charge >= 0.3 is 17.6 Å². The highest BCUT2D eigenvalue weighted by Gasteiger charge is 2.21. The Bertz CT molecular complexity index is 1270. The Morgan fingerprint density at radius 1 is 1.03 bits per heavy atom. The van der Waals surface area contributed by atoms with Gasteiger partial charge in [-0.3, -0.25) is 9.36 Å². The molecule has 34 heavy (non-hydrogen) atoms. The summed E-state index contributed by atoms with van der Waals surface area (Å²) in [5.74, 6) is -1.24. The molecule has 2 aromatic heterocycles. The summed E-state index contributed by atoms with van der Waals surface area (Å²) in [6, 6.07) is 6.34. The number of benzene rings is 1. The largest absolute Gasteiger partial charge is 0.465 e. The minimum absolute atomic E-state index is 0.0912. The van der Waals surface area contributed by atoms with Gasteiger partial charge in [0, 0.05) is 29.2 Å². The number of ketones is 1. The van der Waals surface area contributed by atoms with E-state index < -0.39 is 11.9 Å². The lowest BCUT2D eigenvalue weighted by Gasteiger charge is -2.13. The van der Waals surface area contributed by atoms with Crippen LogP contribution in [-0.2, 0) is 16.0 Å². The van der Waals surface area contributed by atoms with E-state index in [0.29, 0.717) is 28.6 Å². The van der Waals surface area contributed by atoms with Crippen molar-refractivity contribution < 1.29 is 23.9 Å². The van der Waals surface area contributed by atoms with Crippen LogP contribution in [0.4, 0.5) is 0 Å². The third-order valence-electron chi connectivity index (χ3n) is 5.25. The van der Waals surface area contributed by atoms with Gasteiger partial charge in [0.2, 0.25) is 0 Å². The zero-order chi connectivity index (χ0) is 25.0. The number of esters is 2. The molecule has 0 aliphatic rings. The van der Waals surface area contributed by atoms with Crippen LogP contribution in [0.3, 0.4) is 0 Å². The van der Waals surface area contributed by atoms with E-state index in [1.165, 1.54) is 36.6 Å². The number of aromatic nitrogens is 4. The second-order valence-corrected chi connectivity index (χ2v) is 8.49. The maximum absolute atomic E-state index is 13.0. The molecule has 11 heteroatoms. The molecule has 0 spiro atoms. The van der Waals surface area contributed by atoms with Crippen LogP contribution in [0.5, 0.6) is 0 Å². The number of ether oxygens (including phenoxy) is 2. The molecule has 3 rings (SSSR count). The van der Waals surface area contributed by atoms with E-state index in [1.54, 1.807) is 29.7 Å². The summed E-state index contributed by atoms with van der Waals surface area (Å²) in [4.78, 5) is 49.3. The molecule has 3 aromatic rings. The van der Waals surface area contributed by atoms with Gasteiger partial charge in [0.25, 0.3) is 0 Å². The molecular weight excluding hydrogens is 460 g/mol. The topological polar surface area (TPSA) is 125 Å². The molecule has 0 saturated carbocycles. The van der Waals surface area contributed by atoms with Crippen LogP contribution >= 0.6 is 11.8 Å². The van der Waals surface area contributed by atoms with Gasteiger partial charge in [0.05, 0.1) is 31.1 Å². The maximum atomic E-state index is 13.0. The predicted octanol–water partition coefficient (Wildman–Crippen LogP) is 2.94. The number of nitrogens with zero attached hydrogens (tertiary/aromatic N) is 3. The fourth-order valence-electron chi connectivity index (χ4n) is 3.70. The highest BCUT2D eigenvalue weighted by molar-refractivity contribution is 7.99. The minimum atomic E-state index is -0.598. The molecule has 0 amide bonds. The summed E-state index contributed by atoms with van der Waals surface area (Å²) < 4.78 is 12.9. The number of rotatable bonds is 9. The van der Waals surface area contributed by atoms with E-state index >= 15 is 0 Å². The molecule has 0 saturated heterocycles. The van der Waals surface area contributed by atoms with Crippen molar-refractivity contribution >= 4 is 29.5 Å². The van der Waals surface area contributed by atoms with E-state index in [1.807, 2.05) is 13.8 Å². The van der Waals surface area contributed by atoms with Crippen molar-refractivity contribution in [2.75, 3.05) is 20.0 Å². The molecule has 2 heterocycles. The molecule has 180 valence electrons. The summed E-state index contributed by atoms with van der Waals surface area (Å²) in [5.41, 5.74) is 2.47. The summed E-state index contributed by atoms with van der Waals surface area (Å²) in [5, 5.41) is 6.88. The lowest BCUT2D eigenvalue weighted by Crippen LogP contribution is -2.17. The Morgan fingerprint density at radius 2 is 1.65 bits per heavy atom. The number of hydrogen-bond acceptors (Lipinski definition) is 8. The predicted molar refractivity (Wildman–Crippen MR) is 126 cm³/mol. The van der Waals surface area contributed by atoms with Crippen molar-refractivity contribution in [3.05, 3.63) is 62.8 Å². The van der Waals surface area contributed by atoms with Gasteiger partial charge in [-0.2, -0.15) is 0 Å². The summed E-state index contributed by atoms with van der Waals surface area (Å²) in [6.45, 7) is 6.08. The number of carbonyl (C=O) groups excluding carboxylic acids is 3. The van der Waals surface area contributed by atoms with Crippen LogP contribution in [-0.4, -0.2) is 57.0 Å². The Hall–Kier alpha value is -3.60. The smallest absolute Gasteiger partial charge is 0.343 e. The van der Waals surface area contributed by atoms with Gasteiger partial charge in [-0.25, -0.2) is 19.5 Å². The minimum Gasteiger partial charge on any atom is -0.465 e. The number of methoxy groups -OCH3 is 2. The molecule has 0 fully saturated rings. The van der Waals surface area contributed by atoms with Crippen LogP contribution in [0.1, 0.15) is 55.8 Å². The molecule has 10 nitrogen and oxygen atoms in total. The number of thioether (sulfide) groups is 1. The summed E-state index contributed by atoms with van der Waals surface area (Å²) >= 11 is 1.19. The number of aromatic amines is 1. The molecule has 1 aromatic carbocycles. The first-order valence-corrected chi connectivity index (χ1v) is 11.5.